The van der Waals surface area contributed by atoms with Crippen LogP contribution in [0.2, 0.25) is 0 Å². The largest absolute Gasteiger partial charge is 0.497 e. The van der Waals surface area contributed by atoms with E-state index in [9.17, 15) is 27.9 Å². The lowest BCUT2D eigenvalue weighted by molar-refractivity contribution is -0.154. The van der Waals surface area contributed by atoms with Gasteiger partial charge in [0.2, 0.25) is 22.2 Å². The number of sulfonamides is 1. The summed E-state index contributed by atoms with van der Waals surface area (Å²) in [5.74, 6) is -0.546. The van der Waals surface area contributed by atoms with Gasteiger partial charge in [-0.2, -0.15) is 4.31 Å². The smallest absolute Gasteiger partial charge is 0.288 e. The monoisotopic (exact) mass is 800 g/mol. The molecule has 0 saturated carbocycles. The number of hydrogen-bond donors (Lipinski definition) is 2. The number of ether oxygens (including phenoxy) is 3. The van der Waals surface area contributed by atoms with Crippen LogP contribution in [0, 0.1) is 6.92 Å². The molecule has 0 aliphatic carbocycles. The first-order valence-electron chi connectivity index (χ1n) is 19.0. The van der Waals surface area contributed by atoms with Crippen molar-refractivity contribution in [3.63, 3.8) is 0 Å². The van der Waals surface area contributed by atoms with Gasteiger partial charge in [0.15, 0.2) is 5.76 Å². The predicted octanol–water partition coefficient (Wildman–Crippen LogP) is 2.86. The standard InChI is InChI=1S/C41H48N6O9S/c1-29-37(39(50)47(43(29)2)32-12-8-5-9-13-32)30-26-35(38(49)44-20-18-41(19-21-44)40(51)42-28-46(41)31-10-6-4-7-11-31)56-36(27-30)55-25-23-45(22-24-48)57(52,53)34-16-14-33(54-3)15-17-34/h4-17,26,30,36,48H,18-25,27-28H2,1-3H3,(H,42,51)/t30-,36+/m1/s1. The molecule has 2 saturated heterocycles. The molecule has 2 N–H and O–H groups in total. The third-order valence-electron chi connectivity index (χ3n) is 11.2. The first-order chi connectivity index (χ1) is 27.5. The Hall–Kier alpha value is -5.42. The maximum absolute atomic E-state index is 14.3. The fraction of sp³-hybridized carbons (Fsp3) is 0.390. The van der Waals surface area contributed by atoms with Crippen LogP contribution in [0.3, 0.4) is 0 Å². The molecule has 2 amide bonds. The van der Waals surface area contributed by atoms with Crippen LogP contribution in [0.25, 0.3) is 5.69 Å². The summed E-state index contributed by atoms with van der Waals surface area (Å²) in [7, 11) is -0.724. The van der Waals surface area contributed by atoms with Gasteiger partial charge in [-0.1, -0.05) is 36.4 Å². The number of likely N-dealkylation sites (tertiary alicyclic amines) is 1. The van der Waals surface area contributed by atoms with E-state index in [-0.39, 0.29) is 61.3 Å². The second-order valence-corrected chi connectivity index (χ2v) is 16.3. The Morgan fingerprint density at radius 2 is 1.61 bits per heavy atom. The number of aliphatic hydroxyl groups is 1. The van der Waals surface area contributed by atoms with Crippen LogP contribution in [-0.4, -0.2) is 109 Å². The van der Waals surface area contributed by atoms with Crippen LogP contribution < -0.4 is 20.5 Å². The Morgan fingerprint density at radius 3 is 2.25 bits per heavy atom. The SMILES string of the molecule is COc1ccc(S(=O)(=O)N(CCO)CCO[C@@H]2C[C@H](c3c(C)n(C)n(-c4ccccc4)c3=O)C=C(C(=O)N3CCC4(CC3)C(=O)NCN4c3ccccc3)O2)cc1. The van der Waals surface area contributed by atoms with E-state index in [1.165, 1.54) is 19.2 Å². The maximum atomic E-state index is 14.3. The van der Waals surface area contributed by atoms with E-state index in [4.69, 9.17) is 14.2 Å². The average Bonchev–Trinajstić information content (AvgIpc) is 3.67. The van der Waals surface area contributed by atoms with Crippen LogP contribution >= 0.6 is 0 Å². The van der Waals surface area contributed by atoms with Crippen LogP contribution in [0.1, 0.15) is 36.4 Å². The molecule has 3 aliphatic rings. The van der Waals surface area contributed by atoms with Crippen molar-refractivity contribution in [3.8, 4) is 11.4 Å². The minimum Gasteiger partial charge on any atom is -0.497 e. The number of anilines is 1. The zero-order chi connectivity index (χ0) is 40.3. The molecule has 0 bridgehead atoms. The van der Waals surface area contributed by atoms with Gasteiger partial charge < -0.3 is 34.4 Å². The molecule has 2 atom stereocenters. The number of carbonyl (C=O) groups is 2. The molecule has 1 spiro atoms. The van der Waals surface area contributed by atoms with E-state index in [0.717, 1.165) is 9.99 Å². The van der Waals surface area contributed by atoms with Crippen LogP contribution in [0.5, 0.6) is 5.75 Å². The highest BCUT2D eigenvalue weighted by molar-refractivity contribution is 7.89. The van der Waals surface area contributed by atoms with E-state index >= 15 is 0 Å². The number of benzene rings is 3. The number of para-hydroxylation sites is 2. The van der Waals surface area contributed by atoms with Gasteiger partial charge in [0.25, 0.3) is 11.5 Å². The third kappa shape index (κ3) is 7.69. The lowest BCUT2D eigenvalue weighted by atomic mass is 9.85. The number of hydrogen-bond acceptors (Lipinski definition) is 10. The fourth-order valence-electron chi connectivity index (χ4n) is 8.04. The number of carbonyl (C=O) groups excluding carboxylic acids is 2. The lowest BCUT2D eigenvalue weighted by Gasteiger charge is -2.43. The summed E-state index contributed by atoms with van der Waals surface area (Å²) in [4.78, 5) is 45.6. The van der Waals surface area contributed by atoms with Gasteiger partial charge in [-0.15, -0.1) is 0 Å². The van der Waals surface area contributed by atoms with E-state index < -0.39 is 40.3 Å². The number of nitrogens with one attached hydrogen (secondary N) is 1. The molecule has 2 fully saturated rings. The summed E-state index contributed by atoms with van der Waals surface area (Å²) in [6.07, 6.45) is 1.63. The van der Waals surface area contributed by atoms with Gasteiger partial charge in [-0.25, -0.2) is 13.1 Å². The molecule has 0 unspecified atom stereocenters. The van der Waals surface area contributed by atoms with Crippen molar-refractivity contribution in [1.29, 1.82) is 0 Å². The Balaban J connectivity index is 1.13. The number of rotatable bonds is 13. The average molecular weight is 801 g/mol. The summed E-state index contributed by atoms with van der Waals surface area (Å²) in [6, 6.07) is 24.9. The number of aromatic nitrogens is 2. The topological polar surface area (TPSA) is 165 Å². The van der Waals surface area contributed by atoms with Crippen LogP contribution in [-0.2, 0) is 36.1 Å². The molecule has 3 aliphatic heterocycles. The van der Waals surface area contributed by atoms with E-state index in [2.05, 4.69) is 10.2 Å². The predicted molar refractivity (Wildman–Crippen MR) is 211 cm³/mol. The first kappa shape index (κ1) is 39.8. The molecule has 4 heterocycles. The number of piperidine rings is 1. The number of aliphatic hydroxyl groups excluding tert-OH is 1. The van der Waals surface area contributed by atoms with Crippen molar-refractivity contribution in [3.05, 3.63) is 118 Å². The fourth-order valence-corrected chi connectivity index (χ4v) is 9.46. The lowest BCUT2D eigenvalue weighted by Crippen LogP contribution is -2.57. The minimum absolute atomic E-state index is 0.00923. The van der Waals surface area contributed by atoms with Gasteiger partial charge in [0, 0.05) is 62.5 Å². The Bertz CT molecular complexity index is 2270. The minimum atomic E-state index is -4.01. The number of amides is 2. The van der Waals surface area contributed by atoms with Crippen molar-refractivity contribution in [2.24, 2.45) is 7.05 Å². The zero-order valence-electron chi connectivity index (χ0n) is 32.2. The molecular weight excluding hydrogens is 753 g/mol. The molecule has 7 rings (SSSR count). The summed E-state index contributed by atoms with van der Waals surface area (Å²) >= 11 is 0. The second-order valence-electron chi connectivity index (χ2n) is 14.3. The maximum Gasteiger partial charge on any atom is 0.288 e. The highest BCUT2D eigenvalue weighted by atomic mass is 32.2. The van der Waals surface area contributed by atoms with Gasteiger partial charge in [0.05, 0.1) is 37.6 Å². The van der Waals surface area contributed by atoms with Crippen molar-refractivity contribution >= 4 is 27.5 Å². The summed E-state index contributed by atoms with van der Waals surface area (Å²) < 4.78 is 49.2. The van der Waals surface area contributed by atoms with Gasteiger partial charge in [0.1, 0.15) is 11.3 Å². The van der Waals surface area contributed by atoms with Crippen LogP contribution in [0.4, 0.5) is 5.69 Å². The Morgan fingerprint density at radius 1 is 0.965 bits per heavy atom. The number of allylic oxidation sites excluding steroid dienone is 1. The second kappa shape index (κ2) is 16.6. The van der Waals surface area contributed by atoms with Crippen molar-refractivity contribution in [2.75, 3.05) is 58.1 Å². The molecule has 3 aromatic carbocycles. The van der Waals surface area contributed by atoms with E-state index in [1.54, 1.807) is 39.5 Å². The van der Waals surface area contributed by atoms with Gasteiger partial charge in [-0.05, 0) is 74.4 Å². The Kier molecular flexibility index (Phi) is 11.6. The van der Waals surface area contributed by atoms with Crippen molar-refractivity contribution in [1.82, 2.24) is 23.9 Å². The summed E-state index contributed by atoms with van der Waals surface area (Å²) in [6.45, 7) is 1.96. The molecule has 0 radical (unpaired) electrons. The number of nitrogens with zero attached hydrogens (tertiary/aromatic N) is 5. The zero-order valence-corrected chi connectivity index (χ0v) is 33.1. The highest BCUT2D eigenvalue weighted by Crippen LogP contribution is 2.38. The molecule has 15 nitrogen and oxygen atoms in total. The van der Waals surface area contributed by atoms with E-state index in [1.807, 2.05) is 67.6 Å². The normalized spacial score (nSPS) is 19.4. The molecule has 57 heavy (non-hydrogen) atoms. The van der Waals surface area contributed by atoms with Crippen molar-refractivity contribution in [2.45, 2.75) is 48.8 Å². The molecular formula is C41H48N6O9S. The van der Waals surface area contributed by atoms with Gasteiger partial charge in [-0.3, -0.25) is 19.1 Å². The van der Waals surface area contributed by atoms with E-state index in [0.29, 0.717) is 42.2 Å². The summed E-state index contributed by atoms with van der Waals surface area (Å²) in [5.41, 5.74) is 1.74. The Labute approximate surface area is 331 Å². The molecule has 302 valence electrons. The highest BCUT2D eigenvalue weighted by Gasteiger charge is 2.51. The number of methoxy groups -OCH3 is 1. The van der Waals surface area contributed by atoms with Crippen molar-refractivity contribution < 1.29 is 37.3 Å². The molecule has 1 aromatic heterocycles. The van der Waals surface area contributed by atoms with Gasteiger partial charge >= 0.3 is 0 Å². The first-order valence-corrected chi connectivity index (χ1v) is 20.4. The summed E-state index contributed by atoms with van der Waals surface area (Å²) in [5, 5.41) is 12.8. The quantitative estimate of drug-likeness (QED) is 0.206. The molecule has 4 aromatic rings. The third-order valence-corrected chi connectivity index (χ3v) is 13.1. The molecule has 16 heteroatoms. The van der Waals surface area contributed by atoms with Crippen LogP contribution in [0.15, 0.2) is 106 Å².